The van der Waals surface area contributed by atoms with Gasteiger partial charge in [-0.2, -0.15) is 0 Å². The Balaban J connectivity index is 2.32. The first-order valence-corrected chi connectivity index (χ1v) is 6.73. The molecule has 0 bridgehead atoms. The van der Waals surface area contributed by atoms with Crippen LogP contribution in [0.3, 0.4) is 0 Å². The molecule has 0 aliphatic rings. The van der Waals surface area contributed by atoms with Crippen molar-refractivity contribution in [1.82, 2.24) is 10.6 Å². The van der Waals surface area contributed by atoms with Crippen LogP contribution in [0.15, 0.2) is 24.3 Å². The predicted octanol–water partition coefficient (Wildman–Crippen LogP) is 1.61. The van der Waals surface area contributed by atoms with Crippen LogP contribution in [0.2, 0.25) is 5.02 Å². The molecule has 20 heavy (non-hydrogen) atoms. The lowest BCUT2D eigenvalue weighted by Gasteiger charge is -2.13. The van der Waals surface area contributed by atoms with Crippen LogP contribution in [0.25, 0.3) is 0 Å². The zero-order chi connectivity index (χ0) is 15.0. The second-order valence-electron chi connectivity index (χ2n) is 4.41. The number of halogens is 1. The van der Waals surface area contributed by atoms with E-state index in [1.807, 2.05) is 6.92 Å². The van der Waals surface area contributed by atoms with Gasteiger partial charge >= 0.3 is 0 Å². The summed E-state index contributed by atoms with van der Waals surface area (Å²) >= 11 is 5.91. The second kappa shape index (κ2) is 8.55. The molecule has 2 N–H and O–H groups in total. The van der Waals surface area contributed by atoms with Crippen molar-refractivity contribution in [2.45, 2.75) is 19.4 Å². The molecule has 0 saturated carbocycles. The minimum atomic E-state index is -0.284. The Morgan fingerprint density at radius 1 is 1.35 bits per heavy atom. The van der Waals surface area contributed by atoms with Crippen molar-refractivity contribution in [2.24, 2.45) is 0 Å². The van der Waals surface area contributed by atoms with Crippen molar-refractivity contribution >= 4 is 23.4 Å². The summed E-state index contributed by atoms with van der Waals surface area (Å²) in [6, 6.07) is 6.73. The van der Waals surface area contributed by atoms with Crippen LogP contribution in [0, 0.1) is 0 Å². The van der Waals surface area contributed by atoms with Crippen LogP contribution >= 0.6 is 11.6 Å². The Bertz CT molecular complexity index is 465. The summed E-state index contributed by atoms with van der Waals surface area (Å²) in [5.41, 5.74) is 0.405. The van der Waals surface area contributed by atoms with Gasteiger partial charge < -0.3 is 15.4 Å². The zero-order valence-electron chi connectivity index (χ0n) is 11.6. The maximum atomic E-state index is 11.8. The van der Waals surface area contributed by atoms with Gasteiger partial charge in [-0.25, -0.2) is 0 Å². The molecule has 0 spiro atoms. The van der Waals surface area contributed by atoms with E-state index in [1.165, 1.54) is 0 Å². The number of hydrogen-bond acceptors (Lipinski definition) is 3. The fourth-order valence-electron chi connectivity index (χ4n) is 1.67. The lowest BCUT2D eigenvalue weighted by Crippen LogP contribution is -2.37. The average molecular weight is 299 g/mol. The van der Waals surface area contributed by atoms with Crippen LogP contribution in [-0.2, 0) is 9.53 Å². The predicted molar refractivity (Wildman–Crippen MR) is 77.9 cm³/mol. The second-order valence-corrected chi connectivity index (χ2v) is 4.82. The number of carbonyl (C=O) groups is 2. The van der Waals surface area contributed by atoms with E-state index in [-0.39, 0.29) is 30.8 Å². The van der Waals surface area contributed by atoms with Crippen LogP contribution in [0.1, 0.15) is 23.7 Å². The van der Waals surface area contributed by atoms with Crippen molar-refractivity contribution in [3.05, 3.63) is 34.9 Å². The van der Waals surface area contributed by atoms with Gasteiger partial charge in [-0.15, -0.1) is 0 Å². The van der Waals surface area contributed by atoms with Crippen molar-refractivity contribution in [2.75, 3.05) is 20.3 Å². The molecule has 0 heterocycles. The summed E-state index contributed by atoms with van der Waals surface area (Å²) in [4.78, 5) is 23.4. The van der Waals surface area contributed by atoms with Crippen LogP contribution in [0.4, 0.5) is 0 Å². The summed E-state index contributed by atoms with van der Waals surface area (Å²) < 4.78 is 4.92. The topological polar surface area (TPSA) is 67.4 Å². The number of benzene rings is 1. The Hall–Kier alpha value is -1.59. The summed E-state index contributed by atoms with van der Waals surface area (Å²) in [6.07, 6.45) is 0.213. The van der Waals surface area contributed by atoms with E-state index in [0.717, 1.165) is 0 Å². The normalized spacial score (nSPS) is 11.8. The Morgan fingerprint density at radius 3 is 2.70 bits per heavy atom. The molecule has 0 aromatic heterocycles. The van der Waals surface area contributed by atoms with E-state index in [1.54, 1.807) is 31.4 Å². The van der Waals surface area contributed by atoms with Crippen LogP contribution < -0.4 is 10.6 Å². The number of carbonyl (C=O) groups excluding carboxylic acids is 2. The molecule has 110 valence electrons. The molecular weight excluding hydrogens is 280 g/mol. The highest BCUT2D eigenvalue weighted by Crippen LogP contribution is 2.14. The van der Waals surface area contributed by atoms with Gasteiger partial charge in [0.2, 0.25) is 5.91 Å². The van der Waals surface area contributed by atoms with Gasteiger partial charge in [0.15, 0.2) is 0 Å². The summed E-state index contributed by atoms with van der Waals surface area (Å²) in [5.74, 6) is -0.414. The van der Waals surface area contributed by atoms with Gasteiger partial charge in [0.05, 0.1) is 17.2 Å². The molecule has 5 nitrogen and oxygen atoms in total. The minimum Gasteiger partial charge on any atom is -0.383 e. The number of amides is 2. The van der Waals surface area contributed by atoms with E-state index in [9.17, 15) is 9.59 Å². The first-order chi connectivity index (χ1) is 9.54. The highest BCUT2D eigenvalue weighted by Gasteiger charge is 2.10. The zero-order valence-corrected chi connectivity index (χ0v) is 12.4. The molecule has 0 fully saturated rings. The number of rotatable bonds is 7. The van der Waals surface area contributed by atoms with Gasteiger partial charge in [-0.3, -0.25) is 9.59 Å². The average Bonchev–Trinajstić information content (AvgIpc) is 2.39. The van der Waals surface area contributed by atoms with Crippen LogP contribution in [-0.4, -0.2) is 38.1 Å². The number of methoxy groups -OCH3 is 1. The quantitative estimate of drug-likeness (QED) is 0.804. The van der Waals surface area contributed by atoms with Gasteiger partial charge in [-0.1, -0.05) is 23.7 Å². The smallest absolute Gasteiger partial charge is 0.252 e. The lowest BCUT2D eigenvalue weighted by molar-refractivity contribution is -0.121. The highest BCUT2D eigenvalue weighted by atomic mass is 35.5. The van der Waals surface area contributed by atoms with Crippen molar-refractivity contribution in [1.29, 1.82) is 0 Å². The minimum absolute atomic E-state index is 0.0493. The molecule has 0 radical (unpaired) electrons. The molecule has 1 unspecified atom stereocenters. The largest absolute Gasteiger partial charge is 0.383 e. The third-order valence-electron chi connectivity index (χ3n) is 2.58. The van der Waals surface area contributed by atoms with Crippen molar-refractivity contribution < 1.29 is 14.3 Å². The van der Waals surface area contributed by atoms with Gasteiger partial charge in [0, 0.05) is 26.1 Å². The number of ether oxygens (including phenoxy) is 1. The molecule has 0 saturated heterocycles. The van der Waals surface area contributed by atoms with Gasteiger partial charge in [0.1, 0.15) is 0 Å². The van der Waals surface area contributed by atoms with Crippen molar-refractivity contribution in [3.63, 3.8) is 0 Å². The molecule has 6 heteroatoms. The molecule has 1 aromatic carbocycles. The standard InChI is InChI=1S/C14H19ClN2O3/c1-10(9-20-2)17-13(18)7-8-16-14(19)11-5-3-4-6-12(11)15/h3-6,10H,7-9H2,1-2H3,(H,16,19)(H,17,18). The molecule has 1 atom stereocenters. The first kappa shape index (κ1) is 16.5. The number of hydrogen-bond donors (Lipinski definition) is 2. The van der Waals surface area contributed by atoms with E-state index < -0.39 is 0 Å². The summed E-state index contributed by atoms with van der Waals surface area (Å²) in [5, 5.41) is 5.82. The van der Waals surface area contributed by atoms with Crippen molar-refractivity contribution in [3.8, 4) is 0 Å². The molecule has 1 aromatic rings. The Morgan fingerprint density at radius 2 is 2.05 bits per heavy atom. The monoisotopic (exact) mass is 298 g/mol. The van der Waals surface area contributed by atoms with E-state index >= 15 is 0 Å². The molecule has 2 amide bonds. The number of nitrogens with one attached hydrogen (secondary N) is 2. The van der Waals surface area contributed by atoms with E-state index in [2.05, 4.69) is 10.6 Å². The summed E-state index contributed by atoms with van der Waals surface area (Å²) in [6.45, 7) is 2.57. The SMILES string of the molecule is COCC(C)NC(=O)CCNC(=O)c1ccccc1Cl. The molecular formula is C14H19ClN2O3. The Kier molecular flexibility index (Phi) is 7.04. The molecule has 0 aliphatic heterocycles. The van der Waals surface area contributed by atoms with E-state index in [4.69, 9.17) is 16.3 Å². The Labute approximate surface area is 123 Å². The van der Waals surface area contributed by atoms with Gasteiger partial charge in [0.25, 0.3) is 5.91 Å². The fourth-order valence-corrected chi connectivity index (χ4v) is 1.89. The summed E-state index contributed by atoms with van der Waals surface area (Å²) in [7, 11) is 1.58. The molecule has 1 rings (SSSR count). The fraction of sp³-hybridized carbons (Fsp3) is 0.429. The first-order valence-electron chi connectivity index (χ1n) is 6.35. The third-order valence-corrected chi connectivity index (χ3v) is 2.91. The van der Waals surface area contributed by atoms with Gasteiger partial charge in [-0.05, 0) is 19.1 Å². The maximum Gasteiger partial charge on any atom is 0.252 e. The highest BCUT2D eigenvalue weighted by molar-refractivity contribution is 6.33. The van der Waals surface area contributed by atoms with E-state index in [0.29, 0.717) is 17.2 Å². The maximum absolute atomic E-state index is 11.8. The van der Waals surface area contributed by atoms with Crippen LogP contribution in [0.5, 0.6) is 0 Å². The lowest BCUT2D eigenvalue weighted by atomic mass is 10.2. The third kappa shape index (κ3) is 5.59. The molecule has 0 aliphatic carbocycles.